The van der Waals surface area contributed by atoms with E-state index in [2.05, 4.69) is 6.07 Å². The molecule has 0 bridgehead atoms. The van der Waals surface area contributed by atoms with Gasteiger partial charge in [0.2, 0.25) is 0 Å². The molecule has 0 saturated carbocycles. The minimum absolute atomic E-state index is 0.122. The Morgan fingerprint density at radius 2 is 1.89 bits per heavy atom. The number of hydrogen-bond donors (Lipinski definition) is 1. The predicted octanol–water partition coefficient (Wildman–Crippen LogP) is 3.27. The van der Waals surface area contributed by atoms with Crippen LogP contribution in [0.5, 0.6) is 11.5 Å². The highest BCUT2D eigenvalue weighted by Gasteiger charge is 2.05. The van der Waals surface area contributed by atoms with Crippen LogP contribution in [0, 0.1) is 17.1 Å². The lowest BCUT2D eigenvalue weighted by molar-refractivity contribution is 0.442. The Balaban J connectivity index is 2.16. The lowest BCUT2D eigenvalue weighted by Crippen LogP contribution is -1.91. The van der Waals surface area contributed by atoms with Crippen molar-refractivity contribution in [3.05, 3.63) is 53.8 Å². The van der Waals surface area contributed by atoms with Crippen LogP contribution in [0.2, 0.25) is 0 Å². The molecular formula is C14H11FN2O. The largest absolute Gasteiger partial charge is 0.454 e. The first-order valence-electron chi connectivity index (χ1n) is 5.38. The molecule has 0 amide bonds. The summed E-state index contributed by atoms with van der Waals surface area (Å²) in [6.07, 6.45) is 0.344. The van der Waals surface area contributed by atoms with Gasteiger partial charge in [-0.05, 0) is 29.8 Å². The molecule has 0 aromatic heterocycles. The maximum absolute atomic E-state index is 13.5. The molecule has 90 valence electrons. The molecule has 2 rings (SSSR count). The normalized spacial score (nSPS) is 9.78. The Hall–Kier alpha value is -2.54. The molecule has 2 aromatic rings. The first-order valence-corrected chi connectivity index (χ1v) is 5.38. The summed E-state index contributed by atoms with van der Waals surface area (Å²) in [5.41, 5.74) is 6.69. The SMILES string of the molecule is N#CCc1ccc(Oc2ccc(N)cc2F)cc1. The number of nitrogens with two attached hydrogens (primary N) is 1. The Labute approximate surface area is 104 Å². The fourth-order valence-electron chi connectivity index (χ4n) is 1.49. The molecule has 0 spiro atoms. The lowest BCUT2D eigenvalue weighted by Gasteiger charge is -2.07. The van der Waals surface area contributed by atoms with Gasteiger partial charge in [-0.25, -0.2) is 4.39 Å². The van der Waals surface area contributed by atoms with E-state index in [4.69, 9.17) is 15.7 Å². The molecule has 2 N–H and O–H groups in total. The van der Waals surface area contributed by atoms with E-state index in [1.165, 1.54) is 12.1 Å². The molecule has 0 aliphatic rings. The van der Waals surface area contributed by atoms with Crippen molar-refractivity contribution in [3.8, 4) is 17.6 Å². The number of anilines is 1. The predicted molar refractivity (Wildman–Crippen MR) is 66.6 cm³/mol. The minimum Gasteiger partial charge on any atom is -0.454 e. The zero-order valence-electron chi connectivity index (χ0n) is 9.56. The molecule has 18 heavy (non-hydrogen) atoms. The molecule has 0 saturated heterocycles. The third kappa shape index (κ3) is 2.77. The van der Waals surface area contributed by atoms with Gasteiger partial charge in [0, 0.05) is 11.8 Å². The Morgan fingerprint density at radius 3 is 2.50 bits per heavy atom. The van der Waals surface area contributed by atoms with Crippen LogP contribution >= 0.6 is 0 Å². The van der Waals surface area contributed by atoms with Gasteiger partial charge in [0.05, 0.1) is 12.5 Å². The molecule has 0 atom stereocenters. The molecule has 0 radical (unpaired) electrons. The van der Waals surface area contributed by atoms with Gasteiger partial charge in [0.25, 0.3) is 0 Å². The zero-order valence-corrected chi connectivity index (χ0v) is 9.56. The maximum atomic E-state index is 13.5. The third-order valence-corrected chi connectivity index (χ3v) is 2.39. The molecule has 0 aliphatic heterocycles. The number of rotatable bonds is 3. The lowest BCUT2D eigenvalue weighted by atomic mass is 10.2. The number of hydrogen-bond acceptors (Lipinski definition) is 3. The summed E-state index contributed by atoms with van der Waals surface area (Å²) in [4.78, 5) is 0. The van der Waals surface area contributed by atoms with Gasteiger partial charge >= 0.3 is 0 Å². The van der Waals surface area contributed by atoms with Crippen LogP contribution < -0.4 is 10.5 Å². The van der Waals surface area contributed by atoms with Crippen molar-refractivity contribution in [1.29, 1.82) is 5.26 Å². The second-order valence-corrected chi connectivity index (χ2v) is 3.77. The van der Waals surface area contributed by atoms with Crippen LogP contribution in [0.4, 0.5) is 10.1 Å². The van der Waals surface area contributed by atoms with Gasteiger partial charge in [-0.2, -0.15) is 5.26 Å². The van der Waals surface area contributed by atoms with Crippen LogP contribution in [0.25, 0.3) is 0 Å². The molecule has 2 aromatic carbocycles. The summed E-state index contributed by atoms with van der Waals surface area (Å²) < 4.78 is 18.9. The van der Waals surface area contributed by atoms with Crippen molar-refractivity contribution < 1.29 is 9.13 Å². The van der Waals surface area contributed by atoms with E-state index in [0.29, 0.717) is 17.9 Å². The highest BCUT2D eigenvalue weighted by Crippen LogP contribution is 2.26. The Bertz CT molecular complexity index is 588. The Kier molecular flexibility index (Phi) is 3.44. The monoisotopic (exact) mass is 242 g/mol. The number of nitriles is 1. The van der Waals surface area contributed by atoms with Crippen LogP contribution in [0.1, 0.15) is 5.56 Å². The van der Waals surface area contributed by atoms with Gasteiger partial charge < -0.3 is 10.5 Å². The van der Waals surface area contributed by atoms with Gasteiger partial charge in [-0.1, -0.05) is 12.1 Å². The number of nitrogens with zero attached hydrogens (tertiary/aromatic N) is 1. The van der Waals surface area contributed by atoms with Crippen LogP contribution in [-0.2, 0) is 6.42 Å². The smallest absolute Gasteiger partial charge is 0.167 e. The third-order valence-electron chi connectivity index (χ3n) is 2.39. The quantitative estimate of drug-likeness (QED) is 0.840. The highest BCUT2D eigenvalue weighted by atomic mass is 19.1. The number of benzene rings is 2. The van der Waals surface area contributed by atoms with E-state index in [1.54, 1.807) is 30.3 Å². The summed E-state index contributed by atoms with van der Waals surface area (Å²) in [5.74, 6) is 0.133. The summed E-state index contributed by atoms with van der Waals surface area (Å²) >= 11 is 0. The van der Waals surface area contributed by atoms with E-state index >= 15 is 0 Å². The summed E-state index contributed by atoms with van der Waals surface area (Å²) in [5, 5.41) is 8.54. The zero-order chi connectivity index (χ0) is 13.0. The van der Waals surface area contributed by atoms with E-state index < -0.39 is 5.82 Å². The average molecular weight is 242 g/mol. The van der Waals surface area contributed by atoms with Gasteiger partial charge in [-0.15, -0.1) is 0 Å². The van der Waals surface area contributed by atoms with Crippen molar-refractivity contribution in [2.75, 3.05) is 5.73 Å². The summed E-state index contributed by atoms with van der Waals surface area (Å²) in [7, 11) is 0. The highest BCUT2D eigenvalue weighted by molar-refractivity contribution is 5.44. The fourth-order valence-corrected chi connectivity index (χ4v) is 1.49. The van der Waals surface area contributed by atoms with Crippen LogP contribution in [-0.4, -0.2) is 0 Å². The number of halogens is 1. The van der Waals surface area contributed by atoms with Gasteiger partial charge in [-0.3, -0.25) is 0 Å². The van der Waals surface area contributed by atoms with Gasteiger partial charge in [0.1, 0.15) is 5.75 Å². The molecule has 4 heteroatoms. The first kappa shape index (κ1) is 11.9. The number of nitrogen functional groups attached to an aromatic ring is 1. The minimum atomic E-state index is -0.504. The van der Waals surface area contributed by atoms with Crippen molar-refractivity contribution in [2.24, 2.45) is 0 Å². The Morgan fingerprint density at radius 1 is 1.17 bits per heavy atom. The second-order valence-electron chi connectivity index (χ2n) is 3.77. The molecule has 0 heterocycles. The molecule has 0 unspecified atom stereocenters. The second kappa shape index (κ2) is 5.19. The number of ether oxygens (including phenoxy) is 1. The van der Waals surface area contributed by atoms with Crippen molar-refractivity contribution in [2.45, 2.75) is 6.42 Å². The van der Waals surface area contributed by atoms with Gasteiger partial charge in [0.15, 0.2) is 11.6 Å². The first-order chi connectivity index (χ1) is 8.69. The fraction of sp³-hybridized carbons (Fsp3) is 0.0714. The summed E-state index contributed by atoms with van der Waals surface area (Å²) in [6.45, 7) is 0. The van der Waals surface area contributed by atoms with Crippen LogP contribution in [0.15, 0.2) is 42.5 Å². The van der Waals surface area contributed by atoms with E-state index in [-0.39, 0.29) is 5.75 Å². The molecular weight excluding hydrogens is 231 g/mol. The van der Waals surface area contributed by atoms with Crippen molar-refractivity contribution in [3.63, 3.8) is 0 Å². The molecule has 0 aliphatic carbocycles. The van der Waals surface area contributed by atoms with Crippen LogP contribution in [0.3, 0.4) is 0 Å². The summed E-state index contributed by atoms with van der Waals surface area (Å²) in [6, 6.07) is 13.3. The topological polar surface area (TPSA) is 59.0 Å². The van der Waals surface area contributed by atoms with Crippen molar-refractivity contribution in [1.82, 2.24) is 0 Å². The molecule has 0 fully saturated rings. The van der Waals surface area contributed by atoms with E-state index in [0.717, 1.165) is 5.56 Å². The standard InChI is InChI=1S/C14H11FN2O/c15-13-9-11(17)3-6-14(13)18-12-4-1-10(2-5-12)7-8-16/h1-6,9H,7,17H2. The maximum Gasteiger partial charge on any atom is 0.167 e. The average Bonchev–Trinajstić information content (AvgIpc) is 2.35. The van der Waals surface area contributed by atoms with Crippen molar-refractivity contribution >= 4 is 5.69 Å². The molecule has 3 nitrogen and oxygen atoms in total. The van der Waals surface area contributed by atoms with E-state index in [9.17, 15) is 4.39 Å². The van der Waals surface area contributed by atoms with E-state index in [1.807, 2.05) is 0 Å².